The second kappa shape index (κ2) is 8.55. The van der Waals surface area contributed by atoms with Crippen LogP contribution in [0.1, 0.15) is 17.5 Å². The van der Waals surface area contributed by atoms with E-state index in [0.29, 0.717) is 22.0 Å². The molecule has 5 aromatic rings. The fourth-order valence-electron chi connectivity index (χ4n) is 3.95. The number of hydrogen-bond donors (Lipinski definition) is 2. The van der Waals surface area contributed by atoms with Crippen molar-refractivity contribution >= 4 is 44.2 Å². The number of nitrogens with one attached hydrogen (secondary N) is 2. The maximum Gasteiger partial charge on any atom is 0.339 e. The number of anilines is 1. The minimum atomic E-state index is -0.433. The summed E-state index contributed by atoms with van der Waals surface area (Å²) in [5.41, 5.74) is 4.18. The Morgan fingerprint density at radius 3 is 2.91 bits per heavy atom. The lowest BCUT2D eigenvalue weighted by atomic mass is 10.0. The third-order valence-electron chi connectivity index (χ3n) is 5.71. The van der Waals surface area contributed by atoms with Gasteiger partial charge in [-0.25, -0.2) is 9.78 Å². The predicted octanol–water partition coefficient (Wildman–Crippen LogP) is 5.29. The van der Waals surface area contributed by atoms with Crippen molar-refractivity contribution in [2.24, 2.45) is 0 Å². The maximum absolute atomic E-state index is 12.6. The van der Waals surface area contributed by atoms with Gasteiger partial charge in [-0.15, -0.1) is 11.3 Å². The fraction of sp³-hybridized carbons (Fsp3) is 0.160. The summed E-state index contributed by atoms with van der Waals surface area (Å²) in [7, 11) is 1.56. The molecule has 0 fully saturated rings. The van der Waals surface area contributed by atoms with E-state index in [4.69, 9.17) is 9.15 Å². The highest BCUT2D eigenvalue weighted by atomic mass is 32.1. The van der Waals surface area contributed by atoms with Gasteiger partial charge < -0.3 is 19.5 Å². The minimum Gasteiger partial charge on any atom is -0.497 e. The van der Waals surface area contributed by atoms with Crippen molar-refractivity contribution in [3.8, 4) is 17.0 Å². The lowest BCUT2D eigenvalue weighted by molar-refractivity contribution is -0.116. The zero-order chi connectivity index (χ0) is 22.9. The summed E-state index contributed by atoms with van der Waals surface area (Å²) in [5.74, 6) is 0.413. The molecule has 0 spiro atoms. The Hall–Kier alpha value is -3.91. The number of nitrogens with zero attached hydrogens (tertiary/aromatic N) is 1. The zero-order valence-corrected chi connectivity index (χ0v) is 18.9. The molecule has 0 aliphatic rings. The topological polar surface area (TPSA) is 97.2 Å². The highest BCUT2D eigenvalue weighted by molar-refractivity contribution is 7.14. The molecule has 0 bridgehead atoms. The molecule has 0 saturated carbocycles. The zero-order valence-electron chi connectivity index (χ0n) is 18.1. The average molecular weight is 460 g/mol. The molecule has 5 rings (SSSR count). The van der Waals surface area contributed by atoms with Crippen LogP contribution in [0.25, 0.3) is 33.1 Å². The lowest BCUT2D eigenvalue weighted by Crippen LogP contribution is -2.16. The first-order chi connectivity index (χ1) is 16.0. The normalized spacial score (nSPS) is 11.2. The number of carbonyl (C=O) groups is 1. The Balaban J connectivity index is 1.30. The molecule has 1 amide bonds. The van der Waals surface area contributed by atoms with Gasteiger partial charge >= 0.3 is 5.63 Å². The van der Waals surface area contributed by atoms with Crippen LogP contribution in [0.3, 0.4) is 0 Å². The smallest absolute Gasteiger partial charge is 0.339 e. The van der Waals surface area contributed by atoms with E-state index in [1.165, 1.54) is 11.3 Å². The van der Waals surface area contributed by atoms with Crippen LogP contribution in [0.15, 0.2) is 63.3 Å². The van der Waals surface area contributed by atoms with E-state index in [1.54, 1.807) is 13.2 Å². The second-order valence-corrected chi connectivity index (χ2v) is 8.55. The molecule has 2 N–H and O–H groups in total. The van der Waals surface area contributed by atoms with Gasteiger partial charge in [-0.05, 0) is 37.1 Å². The van der Waals surface area contributed by atoms with Crippen LogP contribution in [0.5, 0.6) is 5.75 Å². The first-order valence-electron chi connectivity index (χ1n) is 10.5. The third-order valence-corrected chi connectivity index (χ3v) is 6.47. The summed E-state index contributed by atoms with van der Waals surface area (Å²) in [5, 5.41) is 7.19. The Morgan fingerprint density at radius 2 is 2.06 bits per heavy atom. The molecule has 0 aliphatic heterocycles. The molecule has 33 heavy (non-hydrogen) atoms. The molecular weight excluding hydrogens is 438 g/mol. The monoisotopic (exact) mass is 459 g/mol. The molecule has 0 radical (unpaired) electrons. The third kappa shape index (κ3) is 4.01. The van der Waals surface area contributed by atoms with Gasteiger partial charge in [0.05, 0.1) is 12.8 Å². The van der Waals surface area contributed by atoms with Gasteiger partial charge in [0, 0.05) is 51.5 Å². The van der Waals surface area contributed by atoms with Crippen LogP contribution in [0.2, 0.25) is 0 Å². The number of amides is 1. The van der Waals surface area contributed by atoms with Crippen LogP contribution in [0.4, 0.5) is 5.13 Å². The first-order valence-corrected chi connectivity index (χ1v) is 11.3. The molecule has 3 heterocycles. The Labute approximate surface area is 193 Å². The summed E-state index contributed by atoms with van der Waals surface area (Å²) < 4.78 is 10.7. The Bertz CT molecular complexity index is 1550. The Morgan fingerprint density at radius 1 is 1.21 bits per heavy atom. The molecule has 8 heteroatoms. The number of hydrogen-bond acceptors (Lipinski definition) is 6. The number of H-pyrrole nitrogens is 1. The van der Waals surface area contributed by atoms with Crippen molar-refractivity contribution in [3.05, 3.63) is 75.6 Å². The van der Waals surface area contributed by atoms with E-state index in [9.17, 15) is 9.59 Å². The van der Waals surface area contributed by atoms with Gasteiger partial charge in [0.2, 0.25) is 5.91 Å². The summed E-state index contributed by atoms with van der Waals surface area (Å²) in [6, 6.07) is 13.4. The number of carbonyl (C=O) groups excluding carboxylic acids is 1. The molecule has 0 unspecified atom stereocenters. The highest BCUT2D eigenvalue weighted by Gasteiger charge is 2.15. The fourth-order valence-corrected chi connectivity index (χ4v) is 4.68. The van der Waals surface area contributed by atoms with Crippen LogP contribution < -0.4 is 15.7 Å². The molecule has 3 aromatic heterocycles. The van der Waals surface area contributed by atoms with Gasteiger partial charge in [-0.1, -0.05) is 18.2 Å². The number of methoxy groups -OCH3 is 1. The Kier molecular flexibility index (Phi) is 5.43. The predicted molar refractivity (Wildman–Crippen MR) is 130 cm³/mol. The standard InChI is InChI=1S/C25H21N3O4S/c1-14-16-8-7-15(31-2)11-22(16)32-24(30)17(14)9-10-23(29)28-25-27-21(13-33-25)19-12-26-20-6-4-3-5-18(19)20/h3-8,11-13,26H,9-10H2,1-2H3,(H,27,28,29). The summed E-state index contributed by atoms with van der Waals surface area (Å²) in [6.07, 6.45) is 2.35. The maximum atomic E-state index is 12.6. The van der Waals surface area contributed by atoms with Crippen molar-refractivity contribution in [2.45, 2.75) is 19.8 Å². The van der Waals surface area contributed by atoms with E-state index in [2.05, 4.69) is 15.3 Å². The molecule has 166 valence electrons. The van der Waals surface area contributed by atoms with Gasteiger partial charge in [0.25, 0.3) is 0 Å². The van der Waals surface area contributed by atoms with Crippen LogP contribution in [-0.4, -0.2) is 23.0 Å². The molecule has 0 atom stereocenters. The van der Waals surface area contributed by atoms with Crippen molar-refractivity contribution in [1.82, 2.24) is 9.97 Å². The van der Waals surface area contributed by atoms with E-state index in [1.807, 2.05) is 54.9 Å². The van der Waals surface area contributed by atoms with Gasteiger partial charge in [0.1, 0.15) is 11.3 Å². The average Bonchev–Trinajstić information content (AvgIpc) is 3.45. The van der Waals surface area contributed by atoms with Gasteiger partial charge in [-0.3, -0.25) is 4.79 Å². The van der Waals surface area contributed by atoms with Crippen molar-refractivity contribution in [3.63, 3.8) is 0 Å². The number of ether oxygens (including phenoxy) is 1. The van der Waals surface area contributed by atoms with Crippen molar-refractivity contribution in [2.75, 3.05) is 12.4 Å². The van der Waals surface area contributed by atoms with Crippen LogP contribution in [-0.2, 0) is 11.2 Å². The number of benzene rings is 2. The number of thiazole rings is 1. The van der Waals surface area contributed by atoms with Gasteiger partial charge in [-0.2, -0.15) is 0 Å². The number of aromatic nitrogens is 2. The van der Waals surface area contributed by atoms with E-state index in [0.717, 1.165) is 33.1 Å². The van der Waals surface area contributed by atoms with Crippen molar-refractivity contribution in [1.29, 1.82) is 0 Å². The number of aromatic amines is 1. The van der Waals surface area contributed by atoms with Crippen molar-refractivity contribution < 1.29 is 13.9 Å². The second-order valence-electron chi connectivity index (χ2n) is 7.69. The number of para-hydroxylation sites is 1. The highest BCUT2D eigenvalue weighted by Crippen LogP contribution is 2.31. The summed E-state index contributed by atoms with van der Waals surface area (Å²) in [4.78, 5) is 32.9. The number of fused-ring (bicyclic) bond motifs is 2. The van der Waals surface area contributed by atoms with E-state index >= 15 is 0 Å². The number of aryl methyl sites for hydroxylation is 1. The largest absolute Gasteiger partial charge is 0.497 e. The van der Waals surface area contributed by atoms with E-state index < -0.39 is 5.63 Å². The van der Waals surface area contributed by atoms with E-state index in [-0.39, 0.29) is 18.7 Å². The van der Waals surface area contributed by atoms with Crippen LogP contribution >= 0.6 is 11.3 Å². The number of rotatable bonds is 6. The minimum absolute atomic E-state index is 0.148. The SMILES string of the molecule is COc1ccc2c(C)c(CCC(=O)Nc3nc(-c4c[nH]c5ccccc45)cs3)c(=O)oc2c1. The first kappa shape index (κ1) is 21.0. The molecule has 7 nitrogen and oxygen atoms in total. The molecule has 0 aliphatic carbocycles. The molecular formula is C25H21N3O4S. The molecule has 2 aromatic carbocycles. The lowest BCUT2D eigenvalue weighted by Gasteiger charge is -2.08. The molecule has 0 saturated heterocycles. The van der Waals surface area contributed by atoms with Gasteiger partial charge in [0.15, 0.2) is 5.13 Å². The quantitative estimate of drug-likeness (QED) is 0.337. The summed E-state index contributed by atoms with van der Waals surface area (Å²) in [6.45, 7) is 1.87. The summed E-state index contributed by atoms with van der Waals surface area (Å²) >= 11 is 1.37. The van der Waals surface area contributed by atoms with Crippen LogP contribution in [0, 0.1) is 6.92 Å².